The van der Waals surface area contributed by atoms with E-state index in [2.05, 4.69) is 0 Å². The largest absolute Gasteiger partial charge is 0.435 e. The zero-order valence-electron chi connectivity index (χ0n) is 13.1. The minimum Gasteiger partial charge on any atom is -0.435 e. The van der Waals surface area contributed by atoms with E-state index in [0.29, 0.717) is 21.7 Å². The van der Waals surface area contributed by atoms with Crippen LogP contribution in [-0.4, -0.2) is 4.98 Å². The highest BCUT2D eigenvalue weighted by molar-refractivity contribution is 6.33. The van der Waals surface area contributed by atoms with Gasteiger partial charge >= 0.3 is 0 Å². The molecule has 1 heterocycles. The van der Waals surface area contributed by atoms with Crippen LogP contribution in [0.15, 0.2) is 83.3 Å². The van der Waals surface area contributed by atoms with Crippen molar-refractivity contribution in [2.45, 2.75) is 0 Å². The number of oxazole rings is 1. The van der Waals surface area contributed by atoms with Crippen LogP contribution in [0.1, 0.15) is 0 Å². The number of hydrogen-bond acceptors (Lipinski definition) is 2. The van der Waals surface area contributed by atoms with Gasteiger partial charge in [0.2, 0.25) is 5.89 Å². The summed E-state index contributed by atoms with van der Waals surface area (Å²) in [6, 6.07) is 25.0. The normalized spacial score (nSPS) is 10.8. The number of aromatic nitrogens is 1. The van der Waals surface area contributed by atoms with Gasteiger partial charge in [0.25, 0.3) is 0 Å². The predicted molar refractivity (Wildman–Crippen MR) is 103 cm³/mol. The maximum atomic E-state index is 6.39. The lowest BCUT2D eigenvalue weighted by Crippen LogP contribution is -1.83. The Hall–Kier alpha value is -2.55. The summed E-state index contributed by atoms with van der Waals surface area (Å²) < 4.78 is 6.12. The number of nitrogens with zero attached hydrogens (tertiary/aromatic N) is 1. The summed E-state index contributed by atoms with van der Waals surface area (Å²) in [5.41, 5.74) is 3.25. The summed E-state index contributed by atoms with van der Waals surface area (Å²) in [4.78, 5) is 4.72. The molecule has 0 saturated heterocycles. The lowest BCUT2D eigenvalue weighted by Gasteiger charge is -2.03. The molecule has 0 aliphatic rings. The molecule has 0 radical (unpaired) electrons. The van der Waals surface area contributed by atoms with Crippen molar-refractivity contribution in [1.82, 2.24) is 4.98 Å². The van der Waals surface area contributed by atoms with Crippen molar-refractivity contribution in [2.24, 2.45) is 0 Å². The number of benzene rings is 3. The lowest BCUT2D eigenvalue weighted by molar-refractivity contribution is 0.589. The van der Waals surface area contributed by atoms with Crippen LogP contribution in [0.2, 0.25) is 10.0 Å². The van der Waals surface area contributed by atoms with Crippen LogP contribution in [-0.2, 0) is 0 Å². The fraction of sp³-hybridized carbons (Fsp3) is 0. The first-order chi connectivity index (χ1) is 12.2. The van der Waals surface area contributed by atoms with Gasteiger partial charge in [-0.2, -0.15) is 0 Å². The van der Waals surface area contributed by atoms with Gasteiger partial charge in [-0.15, -0.1) is 0 Å². The summed E-state index contributed by atoms with van der Waals surface area (Å²) in [5, 5.41) is 1.20. The molecule has 0 N–H and O–H groups in total. The van der Waals surface area contributed by atoms with Gasteiger partial charge in [-0.05, 0) is 24.3 Å². The molecule has 0 atom stereocenters. The zero-order chi connectivity index (χ0) is 17.2. The maximum Gasteiger partial charge on any atom is 0.228 e. The molecule has 3 aromatic carbocycles. The topological polar surface area (TPSA) is 26.0 Å². The predicted octanol–water partition coefficient (Wildman–Crippen LogP) is 6.98. The molecule has 0 fully saturated rings. The molecular weight excluding hydrogens is 353 g/mol. The molecule has 0 amide bonds. The molecule has 0 bridgehead atoms. The van der Waals surface area contributed by atoms with Crippen molar-refractivity contribution in [3.05, 3.63) is 88.9 Å². The molecule has 0 spiro atoms. The molecular formula is C21H13Cl2NO. The second-order valence-corrected chi connectivity index (χ2v) is 6.34. The lowest BCUT2D eigenvalue weighted by atomic mass is 10.1. The average Bonchev–Trinajstić information content (AvgIpc) is 3.08. The highest BCUT2D eigenvalue weighted by atomic mass is 35.5. The Morgan fingerprint density at radius 3 is 1.84 bits per heavy atom. The quantitative estimate of drug-likeness (QED) is 0.391. The summed E-state index contributed by atoms with van der Waals surface area (Å²) in [6.45, 7) is 0. The Morgan fingerprint density at radius 1 is 0.640 bits per heavy atom. The van der Waals surface area contributed by atoms with Gasteiger partial charge in [0.1, 0.15) is 5.69 Å². The third-order valence-corrected chi connectivity index (χ3v) is 4.56. The van der Waals surface area contributed by atoms with Crippen molar-refractivity contribution in [1.29, 1.82) is 0 Å². The first-order valence-electron chi connectivity index (χ1n) is 7.80. The van der Waals surface area contributed by atoms with Crippen LogP contribution >= 0.6 is 23.2 Å². The summed E-state index contributed by atoms with van der Waals surface area (Å²) in [6.07, 6.45) is 0. The van der Waals surface area contributed by atoms with E-state index in [0.717, 1.165) is 22.4 Å². The summed E-state index contributed by atoms with van der Waals surface area (Å²) in [7, 11) is 0. The third kappa shape index (κ3) is 3.07. The second-order valence-electron chi connectivity index (χ2n) is 5.52. The van der Waals surface area contributed by atoms with Crippen molar-refractivity contribution in [2.75, 3.05) is 0 Å². The van der Waals surface area contributed by atoms with E-state index in [4.69, 9.17) is 32.6 Å². The molecule has 122 valence electrons. The second kappa shape index (κ2) is 6.75. The smallest absolute Gasteiger partial charge is 0.228 e. The Bertz CT molecular complexity index is 1030. The summed E-state index contributed by atoms with van der Waals surface area (Å²) >= 11 is 12.7. The van der Waals surface area contributed by atoms with Crippen molar-refractivity contribution in [3.63, 3.8) is 0 Å². The van der Waals surface area contributed by atoms with Crippen LogP contribution < -0.4 is 0 Å². The summed E-state index contributed by atoms with van der Waals surface area (Å²) in [5.74, 6) is 1.10. The first kappa shape index (κ1) is 15.9. The van der Waals surface area contributed by atoms with E-state index in [-0.39, 0.29) is 0 Å². The van der Waals surface area contributed by atoms with E-state index in [1.807, 2.05) is 78.9 Å². The fourth-order valence-electron chi connectivity index (χ4n) is 2.69. The fourth-order valence-corrected chi connectivity index (χ4v) is 3.13. The van der Waals surface area contributed by atoms with Gasteiger partial charge in [-0.3, -0.25) is 0 Å². The molecule has 0 aliphatic carbocycles. The van der Waals surface area contributed by atoms with Gasteiger partial charge in [0, 0.05) is 11.1 Å². The molecule has 0 aliphatic heterocycles. The number of rotatable bonds is 3. The van der Waals surface area contributed by atoms with Gasteiger partial charge in [0.15, 0.2) is 5.76 Å². The SMILES string of the molecule is Clc1ccccc1-c1nc(-c2ccccc2)c(-c2ccccc2Cl)o1. The molecule has 1 aromatic heterocycles. The van der Waals surface area contributed by atoms with E-state index in [9.17, 15) is 0 Å². The molecule has 4 heteroatoms. The zero-order valence-corrected chi connectivity index (χ0v) is 14.6. The Balaban J connectivity index is 1.96. The molecule has 4 aromatic rings. The van der Waals surface area contributed by atoms with E-state index in [1.165, 1.54) is 0 Å². The minimum atomic E-state index is 0.472. The van der Waals surface area contributed by atoms with Gasteiger partial charge in [-0.1, -0.05) is 77.8 Å². The van der Waals surface area contributed by atoms with Gasteiger partial charge in [-0.25, -0.2) is 4.98 Å². The van der Waals surface area contributed by atoms with Crippen molar-refractivity contribution >= 4 is 23.2 Å². The molecule has 0 saturated carbocycles. The maximum absolute atomic E-state index is 6.39. The van der Waals surface area contributed by atoms with Crippen LogP contribution in [0, 0.1) is 0 Å². The van der Waals surface area contributed by atoms with E-state index in [1.54, 1.807) is 0 Å². The molecule has 25 heavy (non-hydrogen) atoms. The monoisotopic (exact) mass is 365 g/mol. The van der Waals surface area contributed by atoms with Crippen LogP contribution in [0.3, 0.4) is 0 Å². The van der Waals surface area contributed by atoms with Crippen molar-refractivity contribution < 1.29 is 4.42 Å². The first-order valence-corrected chi connectivity index (χ1v) is 8.55. The number of hydrogen-bond donors (Lipinski definition) is 0. The highest BCUT2D eigenvalue weighted by Crippen LogP contribution is 2.39. The average molecular weight is 366 g/mol. The van der Waals surface area contributed by atoms with Gasteiger partial charge < -0.3 is 4.42 Å². The minimum absolute atomic E-state index is 0.472. The van der Waals surface area contributed by atoms with Gasteiger partial charge in [0.05, 0.1) is 15.6 Å². The highest BCUT2D eigenvalue weighted by Gasteiger charge is 2.20. The van der Waals surface area contributed by atoms with Crippen LogP contribution in [0.5, 0.6) is 0 Å². The Kier molecular flexibility index (Phi) is 4.31. The van der Waals surface area contributed by atoms with Crippen LogP contribution in [0.25, 0.3) is 34.0 Å². The van der Waals surface area contributed by atoms with Crippen molar-refractivity contribution in [3.8, 4) is 34.0 Å². The Labute approximate surface area is 155 Å². The Morgan fingerprint density at radius 2 is 1.20 bits per heavy atom. The van der Waals surface area contributed by atoms with Crippen LogP contribution in [0.4, 0.5) is 0 Å². The van der Waals surface area contributed by atoms with E-state index >= 15 is 0 Å². The molecule has 0 unspecified atom stereocenters. The third-order valence-electron chi connectivity index (χ3n) is 3.90. The molecule has 2 nitrogen and oxygen atoms in total. The molecule has 4 rings (SSSR count). The number of halogens is 2. The standard InChI is InChI=1S/C21H13Cl2NO/c22-17-12-6-4-10-15(17)20-19(14-8-2-1-3-9-14)24-21(25-20)16-11-5-7-13-18(16)23/h1-13H. The van der Waals surface area contributed by atoms with E-state index < -0.39 is 0 Å².